The number of hydrogen-bond acceptors (Lipinski definition) is 8. The minimum Gasteiger partial charge on any atom is -0.461 e. The van der Waals surface area contributed by atoms with Gasteiger partial charge in [-0.3, -0.25) is 9.59 Å². The predicted octanol–water partition coefficient (Wildman–Crippen LogP) is 8.04. The van der Waals surface area contributed by atoms with Crippen LogP contribution in [0.2, 0.25) is 0 Å². The van der Waals surface area contributed by atoms with Gasteiger partial charge in [-0.1, -0.05) is 84.5 Å². The molecule has 254 valence electrons. The standard InChI is InChI=1S/C39H50O8/c1-26-22-29(44-34(42)27-16-10-8-11-17-27)23-37(2,3)33(26)46-31(40)20-14-15-21-32(41)47-36-38(4,5)24-30(25-39(36,6)7)45-35(43)28-18-12-9-13-19-28/h8-13,16-19,29-30,33,36H,1,14-15,20-25H2,2-7H3. The van der Waals surface area contributed by atoms with Gasteiger partial charge in [-0.05, 0) is 61.9 Å². The first-order chi connectivity index (χ1) is 22.1. The Labute approximate surface area is 279 Å². The Kier molecular flexibility index (Phi) is 11.4. The molecule has 0 aliphatic heterocycles. The van der Waals surface area contributed by atoms with Gasteiger partial charge >= 0.3 is 23.9 Å². The highest BCUT2D eigenvalue weighted by molar-refractivity contribution is 5.90. The third kappa shape index (κ3) is 9.55. The van der Waals surface area contributed by atoms with Gasteiger partial charge in [0.15, 0.2) is 0 Å². The zero-order chi connectivity index (χ0) is 34.4. The average Bonchev–Trinajstić information content (AvgIpc) is 2.99. The van der Waals surface area contributed by atoms with E-state index in [9.17, 15) is 19.2 Å². The van der Waals surface area contributed by atoms with Crippen molar-refractivity contribution >= 4 is 23.9 Å². The van der Waals surface area contributed by atoms with Crippen LogP contribution < -0.4 is 0 Å². The summed E-state index contributed by atoms with van der Waals surface area (Å²) in [6.45, 7) is 16.3. The first kappa shape index (κ1) is 35.9. The van der Waals surface area contributed by atoms with Crippen molar-refractivity contribution in [3.05, 3.63) is 83.9 Å². The van der Waals surface area contributed by atoms with Crippen molar-refractivity contribution in [2.75, 3.05) is 0 Å². The zero-order valence-electron chi connectivity index (χ0n) is 28.7. The summed E-state index contributed by atoms with van der Waals surface area (Å²) in [5.74, 6) is -1.37. The van der Waals surface area contributed by atoms with Crippen LogP contribution in [-0.2, 0) is 28.5 Å². The fourth-order valence-electron chi connectivity index (χ4n) is 7.47. The molecular weight excluding hydrogens is 596 g/mol. The smallest absolute Gasteiger partial charge is 0.338 e. The third-order valence-electron chi connectivity index (χ3n) is 9.33. The van der Waals surface area contributed by atoms with E-state index in [4.69, 9.17) is 18.9 Å². The summed E-state index contributed by atoms with van der Waals surface area (Å²) in [5.41, 5.74) is 0.458. The van der Waals surface area contributed by atoms with Crippen LogP contribution in [0, 0.1) is 16.2 Å². The number of rotatable bonds is 11. The first-order valence-electron chi connectivity index (χ1n) is 16.7. The molecule has 8 nitrogen and oxygen atoms in total. The number of ether oxygens (including phenoxy) is 4. The highest BCUT2D eigenvalue weighted by Gasteiger charge is 2.51. The summed E-state index contributed by atoms with van der Waals surface area (Å²) in [6, 6.07) is 17.8. The van der Waals surface area contributed by atoms with Crippen molar-refractivity contribution in [2.24, 2.45) is 16.2 Å². The molecule has 4 rings (SSSR count). The van der Waals surface area contributed by atoms with Crippen LogP contribution in [0.1, 0.15) is 114 Å². The molecule has 2 aromatic carbocycles. The number of esters is 4. The zero-order valence-corrected chi connectivity index (χ0v) is 28.7. The van der Waals surface area contributed by atoms with Crippen LogP contribution in [0.25, 0.3) is 0 Å². The van der Waals surface area contributed by atoms with Gasteiger partial charge in [0.25, 0.3) is 0 Å². The van der Waals surface area contributed by atoms with E-state index in [2.05, 4.69) is 6.58 Å². The lowest BCUT2D eigenvalue weighted by molar-refractivity contribution is -0.180. The van der Waals surface area contributed by atoms with E-state index >= 15 is 0 Å². The molecule has 0 bridgehead atoms. The summed E-state index contributed by atoms with van der Waals surface area (Å²) in [7, 11) is 0. The van der Waals surface area contributed by atoms with E-state index in [0.29, 0.717) is 49.7 Å². The van der Waals surface area contributed by atoms with Crippen LogP contribution in [0.5, 0.6) is 0 Å². The minimum absolute atomic E-state index is 0.175. The van der Waals surface area contributed by atoms with E-state index in [-0.39, 0.29) is 55.0 Å². The molecule has 8 heteroatoms. The number of hydrogen-bond donors (Lipinski definition) is 0. The van der Waals surface area contributed by atoms with Crippen LogP contribution in [0.3, 0.4) is 0 Å². The highest BCUT2D eigenvalue weighted by Crippen LogP contribution is 2.49. The van der Waals surface area contributed by atoms with Crippen molar-refractivity contribution in [1.29, 1.82) is 0 Å². The van der Waals surface area contributed by atoms with Crippen molar-refractivity contribution in [2.45, 2.75) is 117 Å². The summed E-state index contributed by atoms with van der Waals surface area (Å²) in [4.78, 5) is 51.0. The SMILES string of the molecule is C=C1CC(OC(=O)c2ccccc2)CC(C)(C)C1OC(=O)CCCCC(=O)OC1C(C)(C)CC(OC(=O)c2ccccc2)CC1(C)C. The molecule has 2 aliphatic carbocycles. The molecule has 0 N–H and O–H groups in total. The Morgan fingerprint density at radius 1 is 0.617 bits per heavy atom. The molecule has 0 radical (unpaired) electrons. The van der Waals surface area contributed by atoms with Gasteiger partial charge in [-0.15, -0.1) is 0 Å². The fourth-order valence-corrected chi connectivity index (χ4v) is 7.47. The Bertz CT molecular complexity index is 1410. The number of benzene rings is 2. The summed E-state index contributed by atoms with van der Waals surface area (Å²) in [6.07, 6.45) is 2.00. The molecule has 2 fully saturated rings. The molecule has 0 aromatic heterocycles. The summed E-state index contributed by atoms with van der Waals surface area (Å²) < 4.78 is 23.5. The van der Waals surface area contributed by atoms with Crippen LogP contribution >= 0.6 is 0 Å². The highest BCUT2D eigenvalue weighted by atomic mass is 16.6. The summed E-state index contributed by atoms with van der Waals surface area (Å²) in [5, 5.41) is 0. The molecule has 2 aromatic rings. The van der Waals surface area contributed by atoms with Crippen molar-refractivity contribution in [3.8, 4) is 0 Å². The van der Waals surface area contributed by atoms with Gasteiger partial charge in [-0.25, -0.2) is 9.59 Å². The van der Waals surface area contributed by atoms with Crippen molar-refractivity contribution in [1.82, 2.24) is 0 Å². The molecular formula is C39H50O8. The van der Waals surface area contributed by atoms with Gasteiger partial charge in [-0.2, -0.15) is 0 Å². The minimum atomic E-state index is -0.488. The number of carbonyl (C=O) groups is 4. The molecule has 0 spiro atoms. The van der Waals surface area contributed by atoms with Gasteiger partial charge in [0.1, 0.15) is 24.4 Å². The maximum Gasteiger partial charge on any atom is 0.338 e. The normalized spacial score (nSPS) is 24.4. The molecule has 2 saturated carbocycles. The quantitative estimate of drug-likeness (QED) is 0.105. The molecule has 0 saturated heterocycles. The largest absolute Gasteiger partial charge is 0.461 e. The number of carbonyl (C=O) groups excluding carboxylic acids is 4. The molecule has 2 atom stereocenters. The molecule has 0 heterocycles. The maximum atomic E-state index is 12.9. The Morgan fingerprint density at radius 2 is 1.04 bits per heavy atom. The van der Waals surface area contributed by atoms with Gasteiger partial charge in [0.05, 0.1) is 11.1 Å². The fraction of sp³-hybridized carbons (Fsp3) is 0.538. The van der Waals surface area contributed by atoms with Crippen molar-refractivity contribution < 1.29 is 38.1 Å². The van der Waals surface area contributed by atoms with Crippen molar-refractivity contribution in [3.63, 3.8) is 0 Å². The topological polar surface area (TPSA) is 105 Å². The van der Waals surface area contributed by atoms with E-state index in [0.717, 1.165) is 5.57 Å². The molecule has 47 heavy (non-hydrogen) atoms. The van der Waals surface area contributed by atoms with Gasteiger partial charge in [0.2, 0.25) is 0 Å². The number of unbranched alkanes of at least 4 members (excludes halogenated alkanes) is 1. The summed E-state index contributed by atoms with van der Waals surface area (Å²) >= 11 is 0. The van der Waals surface area contributed by atoms with E-state index in [1.165, 1.54) is 0 Å². The molecule has 0 amide bonds. The van der Waals surface area contributed by atoms with E-state index in [1.54, 1.807) is 36.4 Å². The third-order valence-corrected chi connectivity index (χ3v) is 9.33. The Balaban J connectivity index is 1.20. The Hall–Kier alpha value is -3.94. The second-order valence-corrected chi connectivity index (χ2v) is 15.2. The van der Waals surface area contributed by atoms with Gasteiger partial charge < -0.3 is 18.9 Å². The predicted molar refractivity (Wildman–Crippen MR) is 178 cm³/mol. The van der Waals surface area contributed by atoms with E-state index < -0.39 is 22.3 Å². The monoisotopic (exact) mass is 646 g/mol. The lowest BCUT2D eigenvalue weighted by atomic mass is 9.61. The molecule has 2 unspecified atom stereocenters. The second-order valence-electron chi connectivity index (χ2n) is 15.2. The van der Waals surface area contributed by atoms with Crippen LogP contribution in [0.4, 0.5) is 0 Å². The van der Waals surface area contributed by atoms with Gasteiger partial charge in [0, 0.05) is 35.5 Å². The Morgan fingerprint density at radius 3 is 1.51 bits per heavy atom. The van der Waals surface area contributed by atoms with E-state index in [1.807, 2.05) is 65.8 Å². The molecule has 2 aliphatic rings. The first-order valence-corrected chi connectivity index (χ1v) is 16.7. The second kappa shape index (κ2) is 14.9. The average molecular weight is 647 g/mol. The maximum absolute atomic E-state index is 12.9. The lowest BCUT2D eigenvalue weighted by Crippen LogP contribution is -2.52. The van der Waals surface area contributed by atoms with Crippen LogP contribution in [-0.4, -0.2) is 48.3 Å². The lowest BCUT2D eigenvalue weighted by Gasteiger charge is -2.50. The van der Waals surface area contributed by atoms with Crippen LogP contribution in [0.15, 0.2) is 72.8 Å².